The number of nitrogens with one attached hydrogen (secondary N) is 1. The number of amidine groups is 1. The Balaban J connectivity index is 2.09. The number of nitrogens with zero attached hydrogens (tertiary/aromatic N) is 1. The van der Waals surface area contributed by atoms with Crippen LogP contribution in [0.5, 0.6) is 0 Å². The molecule has 1 aliphatic heterocycles. The van der Waals surface area contributed by atoms with Crippen molar-refractivity contribution in [2.45, 2.75) is 44.8 Å². The number of halogens is 3. The number of rotatable bonds is 5. The van der Waals surface area contributed by atoms with Crippen LogP contribution in [0, 0.1) is 0 Å². The fourth-order valence-electron chi connectivity index (χ4n) is 1.37. The van der Waals surface area contributed by atoms with Gasteiger partial charge in [-0.05, 0) is 19.3 Å². The zero-order chi connectivity index (χ0) is 12.0. The molecule has 1 unspecified atom stereocenters. The summed E-state index contributed by atoms with van der Waals surface area (Å²) in [5.41, 5.74) is 0. The molecular weight excluding hydrogens is 237 g/mol. The summed E-state index contributed by atoms with van der Waals surface area (Å²) >= 11 is 1.66. The maximum atomic E-state index is 11.8. The third-order valence-electron chi connectivity index (χ3n) is 2.37. The molecule has 16 heavy (non-hydrogen) atoms. The molecule has 0 amide bonds. The Bertz CT molecular complexity index is 241. The van der Waals surface area contributed by atoms with Crippen molar-refractivity contribution in [2.24, 2.45) is 4.99 Å². The molecule has 0 saturated carbocycles. The van der Waals surface area contributed by atoms with Gasteiger partial charge >= 0.3 is 6.18 Å². The van der Waals surface area contributed by atoms with E-state index in [0.717, 1.165) is 17.3 Å². The van der Waals surface area contributed by atoms with Gasteiger partial charge in [-0.1, -0.05) is 18.7 Å². The average Bonchev–Trinajstić information content (AvgIpc) is 2.63. The number of alkyl halides is 3. The lowest BCUT2D eigenvalue weighted by atomic mass is 10.2. The second kappa shape index (κ2) is 6.37. The van der Waals surface area contributed by atoms with Gasteiger partial charge in [0.15, 0.2) is 5.17 Å². The Morgan fingerprint density at radius 1 is 1.44 bits per heavy atom. The molecule has 2 nitrogen and oxygen atoms in total. The van der Waals surface area contributed by atoms with E-state index in [9.17, 15) is 13.2 Å². The monoisotopic (exact) mass is 254 g/mol. The molecule has 0 aliphatic carbocycles. The minimum atomic E-state index is -4.03. The van der Waals surface area contributed by atoms with E-state index in [0.29, 0.717) is 19.0 Å². The molecule has 1 N–H and O–H groups in total. The molecule has 1 fully saturated rings. The van der Waals surface area contributed by atoms with Crippen LogP contribution in [-0.4, -0.2) is 29.7 Å². The smallest absolute Gasteiger partial charge is 0.361 e. The lowest BCUT2D eigenvalue weighted by Crippen LogP contribution is -2.25. The normalized spacial score (nSPS) is 23.8. The van der Waals surface area contributed by atoms with Crippen LogP contribution < -0.4 is 5.32 Å². The molecule has 1 heterocycles. The first kappa shape index (κ1) is 13.7. The number of unbranched alkanes of at least 4 members (excludes halogenated alkanes) is 1. The fraction of sp³-hybridized carbons (Fsp3) is 0.900. The van der Waals surface area contributed by atoms with E-state index in [1.54, 1.807) is 11.8 Å². The third kappa shape index (κ3) is 5.63. The van der Waals surface area contributed by atoms with Crippen molar-refractivity contribution >= 4 is 16.9 Å². The highest BCUT2D eigenvalue weighted by Crippen LogP contribution is 2.22. The summed E-state index contributed by atoms with van der Waals surface area (Å²) in [6.45, 7) is 2.59. The summed E-state index contributed by atoms with van der Waals surface area (Å²) in [6, 6.07) is 0.471. The van der Waals surface area contributed by atoms with Crippen LogP contribution >= 0.6 is 11.8 Å². The van der Waals surface area contributed by atoms with E-state index in [1.807, 2.05) is 0 Å². The molecule has 0 bridgehead atoms. The Kier molecular flexibility index (Phi) is 5.44. The number of hydrogen-bond donors (Lipinski definition) is 1. The zero-order valence-electron chi connectivity index (χ0n) is 9.31. The van der Waals surface area contributed by atoms with Gasteiger partial charge in [0.05, 0.1) is 0 Å². The topological polar surface area (TPSA) is 24.4 Å². The van der Waals surface area contributed by atoms with Crippen molar-refractivity contribution in [3.8, 4) is 0 Å². The predicted molar refractivity (Wildman–Crippen MR) is 61.9 cm³/mol. The van der Waals surface area contributed by atoms with Gasteiger partial charge in [0.1, 0.15) is 0 Å². The van der Waals surface area contributed by atoms with Gasteiger partial charge in [0, 0.05) is 24.8 Å². The molecule has 1 aliphatic rings. The van der Waals surface area contributed by atoms with E-state index in [-0.39, 0.29) is 6.42 Å². The van der Waals surface area contributed by atoms with Crippen molar-refractivity contribution in [1.82, 2.24) is 5.32 Å². The second-order valence-electron chi connectivity index (χ2n) is 3.82. The Morgan fingerprint density at radius 3 is 2.75 bits per heavy atom. The van der Waals surface area contributed by atoms with Gasteiger partial charge in [-0.25, -0.2) is 0 Å². The summed E-state index contributed by atoms with van der Waals surface area (Å²) in [5, 5.41) is 4.13. The second-order valence-corrected chi connectivity index (χ2v) is 4.83. The largest absolute Gasteiger partial charge is 0.389 e. The SMILES string of the molecule is CCC1CSC(=NCCCCC(F)(F)F)N1. The minimum absolute atomic E-state index is 0.169. The molecule has 0 aromatic carbocycles. The maximum Gasteiger partial charge on any atom is 0.389 e. The van der Waals surface area contributed by atoms with Crippen LogP contribution in [0.2, 0.25) is 0 Å². The van der Waals surface area contributed by atoms with Crippen molar-refractivity contribution < 1.29 is 13.2 Å². The molecule has 0 aromatic heterocycles. The maximum absolute atomic E-state index is 11.8. The van der Waals surface area contributed by atoms with Crippen molar-refractivity contribution in [1.29, 1.82) is 0 Å². The summed E-state index contributed by atoms with van der Waals surface area (Å²) in [4.78, 5) is 4.24. The lowest BCUT2D eigenvalue weighted by Gasteiger charge is -2.05. The first-order chi connectivity index (χ1) is 7.51. The molecule has 6 heteroatoms. The van der Waals surface area contributed by atoms with Gasteiger partial charge in [-0.2, -0.15) is 13.2 Å². The number of thioether (sulfide) groups is 1. The Hall–Kier alpha value is -0.390. The average molecular weight is 254 g/mol. The predicted octanol–water partition coefficient (Wildman–Crippen LogP) is 3.19. The lowest BCUT2D eigenvalue weighted by molar-refractivity contribution is -0.135. The van der Waals surface area contributed by atoms with Crippen molar-refractivity contribution in [3.63, 3.8) is 0 Å². The Morgan fingerprint density at radius 2 is 2.19 bits per heavy atom. The van der Waals surface area contributed by atoms with Crippen LogP contribution in [0.25, 0.3) is 0 Å². The van der Waals surface area contributed by atoms with Gasteiger partial charge in [-0.15, -0.1) is 0 Å². The quantitative estimate of drug-likeness (QED) is 0.762. The van der Waals surface area contributed by atoms with Gasteiger partial charge < -0.3 is 5.32 Å². The van der Waals surface area contributed by atoms with E-state index < -0.39 is 12.6 Å². The molecule has 0 radical (unpaired) electrons. The molecule has 1 rings (SSSR count). The molecule has 0 aromatic rings. The first-order valence-electron chi connectivity index (χ1n) is 5.52. The summed E-state index contributed by atoms with van der Waals surface area (Å²) in [6.07, 6.45) is -3.00. The molecular formula is C10H17F3N2S. The Labute approximate surface area is 98.1 Å². The molecule has 0 spiro atoms. The summed E-state index contributed by atoms with van der Waals surface area (Å²) < 4.78 is 35.5. The zero-order valence-corrected chi connectivity index (χ0v) is 10.1. The van der Waals surface area contributed by atoms with Crippen molar-refractivity contribution in [3.05, 3.63) is 0 Å². The summed E-state index contributed by atoms with van der Waals surface area (Å²) in [7, 11) is 0. The van der Waals surface area contributed by atoms with Crippen LogP contribution in [-0.2, 0) is 0 Å². The van der Waals surface area contributed by atoms with Crippen molar-refractivity contribution in [2.75, 3.05) is 12.3 Å². The van der Waals surface area contributed by atoms with Gasteiger partial charge in [-0.3, -0.25) is 4.99 Å². The fourth-order valence-corrected chi connectivity index (χ4v) is 2.48. The van der Waals surface area contributed by atoms with Crippen LogP contribution in [0.15, 0.2) is 4.99 Å². The number of aliphatic imine (C=N–C) groups is 1. The minimum Gasteiger partial charge on any atom is -0.361 e. The van der Waals surface area contributed by atoms with E-state index in [4.69, 9.17) is 0 Å². The van der Waals surface area contributed by atoms with E-state index in [2.05, 4.69) is 17.2 Å². The van der Waals surface area contributed by atoms with Crippen LogP contribution in [0.4, 0.5) is 13.2 Å². The van der Waals surface area contributed by atoms with Gasteiger partial charge in [0.2, 0.25) is 0 Å². The third-order valence-corrected chi connectivity index (χ3v) is 3.45. The van der Waals surface area contributed by atoms with E-state index in [1.165, 1.54) is 0 Å². The molecule has 1 saturated heterocycles. The highest BCUT2D eigenvalue weighted by molar-refractivity contribution is 8.14. The summed E-state index contributed by atoms with van der Waals surface area (Å²) in [5.74, 6) is 1.01. The van der Waals surface area contributed by atoms with Gasteiger partial charge in [0.25, 0.3) is 0 Å². The highest BCUT2D eigenvalue weighted by Gasteiger charge is 2.25. The number of hydrogen-bond acceptors (Lipinski definition) is 2. The molecule has 94 valence electrons. The highest BCUT2D eigenvalue weighted by atomic mass is 32.2. The standard InChI is InChI=1S/C10H17F3N2S/c1-2-8-7-16-9(15-8)14-6-4-3-5-10(11,12)13/h8H,2-7H2,1H3,(H,14,15). The molecule has 1 atom stereocenters. The van der Waals surface area contributed by atoms with Crippen LogP contribution in [0.1, 0.15) is 32.6 Å². The van der Waals surface area contributed by atoms with E-state index >= 15 is 0 Å². The first-order valence-corrected chi connectivity index (χ1v) is 6.50. The van der Waals surface area contributed by atoms with Crippen LogP contribution in [0.3, 0.4) is 0 Å².